The molecule has 0 fully saturated rings. The summed E-state index contributed by atoms with van der Waals surface area (Å²) in [5, 5.41) is 11.6. The van der Waals surface area contributed by atoms with Gasteiger partial charge in [-0.25, -0.2) is 0 Å². The van der Waals surface area contributed by atoms with Crippen molar-refractivity contribution in [2.24, 2.45) is 0 Å². The highest BCUT2D eigenvalue weighted by Gasteiger charge is 2.33. The second kappa shape index (κ2) is 5.78. The van der Waals surface area contributed by atoms with Gasteiger partial charge in [0.25, 0.3) is 0 Å². The van der Waals surface area contributed by atoms with Crippen molar-refractivity contribution in [3.05, 3.63) is 95.1 Å². The van der Waals surface area contributed by atoms with Crippen LogP contribution in [0.15, 0.2) is 72.8 Å². The molecule has 0 atom stereocenters. The number of anilines is 2. The van der Waals surface area contributed by atoms with Gasteiger partial charge < -0.3 is 16.6 Å². The van der Waals surface area contributed by atoms with Crippen molar-refractivity contribution < 1.29 is 5.11 Å². The van der Waals surface area contributed by atoms with Crippen molar-refractivity contribution in [1.29, 1.82) is 0 Å². The summed E-state index contributed by atoms with van der Waals surface area (Å²) in [6.45, 7) is 2.02. The molecule has 0 radical (unpaired) electrons. The fourth-order valence-electron chi connectivity index (χ4n) is 2.74. The molecule has 3 rings (SSSR count). The molecule has 0 saturated heterocycles. The van der Waals surface area contributed by atoms with Crippen LogP contribution in [0.2, 0.25) is 0 Å². The van der Waals surface area contributed by atoms with E-state index in [-0.39, 0.29) is 0 Å². The highest BCUT2D eigenvalue weighted by atomic mass is 16.3. The molecule has 3 aromatic rings. The van der Waals surface area contributed by atoms with E-state index in [1.54, 1.807) is 24.3 Å². The molecule has 0 heterocycles. The number of rotatable bonds is 3. The smallest absolute Gasteiger partial charge is 0.140 e. The van der Waals surface area contributed by atoms with Crippen molar-refractivity contribution in [2.45, 2.75) is 12.5 Å². The molecule has 3 heteroatoms. The van der Waals surface area contributed by atoms with Gasteiger partial charge in [-0.05, 0) is 47.9 Å². The van der Waals surface area contributed by atoms with Gasteiger partial charge in [-0.2, -0.15) is 0 Å². The number of benzene rings is 3. The summed E-state index contributed by atoms with van der Waals surface area (Å²) in [5.74, 6) is 0. The summed E-state index contributed by atoms with van der Waals surface area (Å²) < 4.78 is 0. The van der Waals surface area contributed by atoms with E-state index in [0.29, 0.717) is 11.4 Å². The normalized spacial score (nSPS) is 11.4. The third-order valence-corrected chi connectivity index (χ3v) is 4.13. The van der Waals surface area contributed by atoms with Crippen LogP contribution in [0.25, 0.3) is 0 Å². The van der Waals surface area contributed by atoms with Crippen molar-refractivity contribution in [3.63, 3.8) is 0 Å². The zero-order valence-corrected chi connectivity index (χ0v) is 13.0. The summed E-state index contributed by atoms with van der Waals surface area (Å²) in [6, 6.07) is 22.5. The Morgan fingerprint density at radius 1 is 0.609 bits per heavy atom. The molecule has 0 aliphatic carbocycles. The number of nitrogen functional groups attached to an aromatic ring is 2. The lowest BCUT2D eigenvalue weighted by molar-refractivity contribution is 0.126. The topological polar surface area (TPSA) is 72.3 Å². The molecule has 0 aliphatic heterocycles. The second-order valence-electron chi connectivity index (χ2n) is 5.82. The monoisotopic (exact) mass is 304 g/mol. The van der Waals surface area contributed by atoms with Crippen LogP contribution in [0.3, 0.4) is 0 Å². The molecule has 0 aromatic heterocycles. The summed E-state index contributed by atoms with van der Waals surface area (Å²) in [5.41, 5.74) is 15.1. The summed E-state index contributed by atoms with van der Waals surface area (Å²) in [4.78, 5) is 0. The standard InChI is InChI=1S/C20H20N2O/c1-14-2-4-15(5-3-14)20(23,16-6-10-18(21)11-7-16)17-8-12-19(22)13-9-17/h2-13,23H,21-22H2,1H3. The Bertz CT molecular complexity index is 680. The molecular weight excluding hydrogens is 284 g/mol. The van der Waals surface area contributed by atoms with Gasteiger partial charge >= 0.3 is 0 Å². The van der Waals surface area contributed by atoms with E-state index in [0.717, 1.165) is 22.3 Å². The van der Waals surface area contributed by atoms with Crippen LogP contribution in [-0.2, 0) is 5.60 Å². The number of nitrogens with two attached hydrogens (primary N) is 2. The Balaban J connectivity index is 2.21. The first-order valence-electron chi connectivity index (χ1n) is 7.52. The highest BCUT2D eigenvalue weighted by Crippen LogP contribution is 2.37. The molecule has 3 aromatic carbocycles. The Labute approximate surface area is 136 Å². The predicted molar refractivity (Wildman–Crippen MR) is 95.0 cm³/mol. The first-order valence-corrected chi connectivity index (χ1v) is 7.52. The van der Waals surface area contributed by atoms with Gasteiger partial charge in [-0.1, -0.05) is 54.1 Å². The van der Waals surface area contributed by atoms with Crippen LogP contribution in [-0.4, -0.2) is 5.11 Å². The fraction of sp³-hybridized carbons (Fsp3) is 0.100. The van der Waals surface area contributed by atoms with Crippen LogP contribution in [0.4, 0.5) is 11.4 Å². The lowest BCUT2D eigenvalue weighted by atomic mass is 9.80. The zero-order valence-electron chi connectivity index (χ0n) is 13.0. The van der Waals surface area contributed by atoms with E-state index in [4.69, 9.17) is 11.5 Å². The van der Waals surface area contributed by atoms with Crippen molar-refractivity contribution in [3.8, 4) is 0 Å². The highest BCUT2D eigenvalue weighted by molar-refractivity contribution is 5.52. The molecule has 0 amide bonds. The maximum Gasteiger partial charge on any atom is 0.140 e. The molecule has 23 heavy (non-hydrogen) atoms. The van der Waals surface area contributed by atoms with E-state index < -0.39 is 5.60 Å². The van der Waals surface area contributed by atoms with Crippen LogP contribution in [0, 0.1) is 6.92 Å². The lowest BCUT2D eigenvalue weighted by Gasteiger charge is -2.30. The average molecular weight is 304 g/mol. The van der Waals surface area contributed by atoms with E-state index in [9.17, 15) is 5.11 Å². The maximum absolute atomic E-state index is 11.6. The van der Waals surface area contributed by atoms with Crippen LogP contribution in [0.1, 0.15) is 22.3 Å². The van der Waals surface area contributed by atoms with Gasteiger partial charge in [0.05, 0.1) is 0 Å². The predicted octanol–water partition coefficient (Wildman–Crippen LogP) is 3.44. The summed E-state index contributed by atoms with van der Waals surface area (Å²) in [7, 11) is 0. The van der Waals surface area contributed by atoms with Crippen LogP contribution >= 0.6 is 0 Å². The molecule has 116 valence electrons. The first-order chi connectivity index (χ1) is 11.0. The Hall–Kier alpha value is -2.78. The van der Waals surface area contributed by atoms with Gasteiger partial charge in [-0.15, -0.1) is 0 Å². The molecule has 0 saturated carbocycles. The van der Waals surface area contributed by atoms with Crippen molar-refractivity contribution >= 4 is 11.4 Å². The van der Waals surface area contributed by atoms with Crippen molar-refractivity contribution in [1.82, 2.24) is 0 Å². The molecule has 0 aliphatic rings. The van der Waals surface area contributed by atoms with Crippen LogP contribution in [0.5, 0.6) is 0 Å². The Kier molecular flexibility index (Phi) is 3.80. The summed E-state index contributed by atoms with van der Waals surface area (Å²) in [6.07, 6.45) is 0. The molecule has 0 bridgehead atoms. The molecule has 3 nitrogen and oxygen atoms in total. The number of hydrogen-bond donors (Lipinski definition) is 3. The second-order valence-corrected chi connectivity index (χ2v) is 5.82. The fourth-order valence-corrected chi connectivity index (χ4v) is 2.74. The minimum absolute atomic E-state index is 0.664. The first kappa shape index (κ1) is 15.1. The lowest BCUT2D eigenvalue weighted by Crippen LogP contribution is -2.28. The van der Waals surface area contributed by atoms with Crippen molar-refractivity contribution in [2.75, 3.05) is 11.5 Å². The van der Waals surface area contributed by atoms with E-state index >= 15 is 0 Å². The van der Waals surface area contributed by atoms with E-state index in [1.807, 2.05) is 55.5 Å². The number of aliphatic hydroxyl groups is 1. The quantitative estimate of drug-likeness (QED) is 0.512. The third-order valence-electron chi connectivity index (χ3n) is 4.13. The van der Waals surface area contributed by atoms with Crippen LogP contribution < -0.4 is 11.5 Å². The zero-order chi connectivity index (χ0) is 16.4. The van der Waals surface area contributed by atoms with Gasteiger partial charge in [-0.3, -0.25) is 0 Å². The Morgan fingerprint density at radius 2 is 0.913 bits per heavy atom. The SMILES string of the molecule is Cc1ccc(C(O)(c2ccc(N)cc2)c2ccc(N)cc2)cc1. The largest absolute Gasteiger partial charge is 0.399 e. The number of hydrogen-bond acceptors (Lipinski definition) is 3. The molecule has 0 spiro atoms. The van der Waals surface area contributed by atoms with Gasteiger partial charge in [0.2, 0.25) is 0 Å². The molecule has 0 unspecified atom stereocenters. The average Bonchev–Trinajstić information content (AvgIpc) is 2.56. The van der Waals surface area contributed by atoms with Gasteiger partial charge in [0.1, 0.15) is 5.60 Å². The molecule has 5 N–H and O–H groups in total. The third kappa shape index (κ3) is 2.79. The molecular formula is C20H20N2O. The number of aryl methyl sites for hydroxylation is 1. The Morgan fingerprint density at radius 3 is 1.26 bits per heavy atom. The summed E-state index contributed by atoms with van der Waals surface area (Å²) >= 11 is 0. The van der Waals surface area contributed by atoms with Gasteiger partial charge in [0.15, 0.2) is 0 Å². The van der Waals surface area contributed by atoms with E-state index in [2.05, 4.69) is 0 Å². The van der Waals surface area contributed by atoms with Gasteiger partial charge in [0, 0.05) is 11.4 Å². The van der Waals surface area contributed by atoms with E-state index in [1.165, 1.54) is 0 Å². The minimum atomic E-state index is -1.25. The maximum atomic E-state index is 11.6. The minimum Gasteiger partial charge on any atom is -0.399 e.